The van der Waals surface area contributed by atoms with Crippen LogP contribution < -0.4 is 0 Å². The van der Waals surface area contributed by atoms with Gasteiger partial charge in [0.15, 0.2) is 0 Å². The van der Waals surface area contributed by atoms with E-state index in [4.69, 9.17) is 4.74 Å². The summed E-state index contributed by atoms with van der Waals surface area (Å²) in [6.45, 7) is 4.53. The van der Waals surface area contributed by atoms with Crippen molar-refractivity contribution in [2.45, 2.75) is 19.9 Å². The first-order chi connectivity index (χ1) is 10.1. The van der Waals surface area contributed by atoms with Gasteiger partial charge in [0.25, 0.3) is 0 Å². The van der Waals surface area contributed by atoms with E-state index in [9.17, 15) is 4.79 Å². The third-order valence-corrected chi connectivity index (χ3v) is 3.75. The molecule has 2 aromatic carbocycles. The molecule has 0 aliphatic carbocycles. The van der Waals surface area contributed by atoms with Crippen molar-refractivity contribution in [1.29, 1.82) is 0 Å². The van der Waals surface area contributed by atoms with Crippen LogP contribution in [-0.4, -0.2) is 30.0 Å². The number of amides is 1. The number of hydrogen-bond donors (Lipinski definition) is 0. The van der Waals surface area contributed by atoms with Crippen LogP contribution in [0.3, 0.4) is 0 Å². The van der Waals surface area contributed by atoms with Crippen LogP contribution >= 0.6 is 0 Å². The van der Waals surface area contributed by atoms with Gasteiger partial charge in [0.2, 0.25) is 0 Å². The minimum Gasteiger partial charge on any atom is -0.446 e. The summed E-state index contributed by atoms with van der Waals surface area (Å²) in [4.78, 5) is 11.7. The molecule has 1 aliphatic heterocycles. The summed E-state index contributed by atoms with van der Waals surface area (Å²) < 4.78 is 5.07. The fraction of sp³-hybridized carbons (Fsp3) is 0.294. The van der Waals surface area contributed by atoms with E-state index in [1.54, 1.807) is 6.21 Å². The predicted molar refractivity (Wildman–Crippen MR) is 83.4 cm³/mol. The first-order valence-corrected chi connectivity index (χ1v) is 7.14. The lowest BCUT2D eigenvalue weighted by Gasteiger charge is -2.18. The van der Waals surface area contributed by atoms with Crippen LogP contribution in [-0.2, 0) is 4.74 Å². The Morgan fingerprint density at radius 2 is 2.00 bits per heavy atom. The molecule has 1 atom stereocenters. The summed E-state index contributed by atoms with van der Waals surface area (Å²) in [6.07, 6.45) is 1.35. The van der Waals surface area contributed by atoms with E-state index in [1.165, 1.54) is 10.4 Å². The summed E-state index contributed by atoms with van der Waals surface area (Å²) in [5.41, 5.74) is 0.968. The van der Waals surface area contributed by atoms with E-state index in [-0.39, 0.29) is 12.1 Å². The van der Waals surface area contributed by atoms with Gasteiger partial charge < -0.3 is 4.74 Å². The number of benzene rings is 2. The maximum Gasteiger partial charge on any atom is 0.430 e. The van der Waals surface area contributed by atoms with Crippen molar-refractivity contribution in [3.05, 3.63) is 48.0 Å². The number of fused-ring (bicyclic) bond motifs is 1. The second-order valence-corrected chi connectivity index (χ2v) is 5.58. The average molecular weight is 282 g/mol. The normalized spacial score (nSPS) is 18.9. The van der Waals surface area contributed by atoms with Gasteiger partial charge in [-0.25, -0.2) is 4.79 Å². The molecule has 1 saturated heterocycles. The van der Waals surface area contributed by atoms with Gasteiger partial charge in [-0.15, -0.1) is 0 Å². The van der Waals surface area contributed by atoms with Gasteiger partial charge in [0.05, 0.1) is 12.3 Å². The SMILES string of the molecule is CC(C)[C@H]1COC(=O)N1/N=C/c1ccc2ccccc2c1. The van der Waals surface area contributed by atoms with Crippen LogP contribution in [0, 0.1) is 5.92 Å². The second-order valence-electron chi connectivity index (χ2n) is 5.58. The van der Waals surface area contributed by atoms with Gasteiger partial charge in [-0.2, -0.15) is 10.1 Å². The van der Waals surface area contributed by atoms with Crippen molar-refractivity contribution in [2.24, 2.45) is 11.0 Å². The second kappa shape index (κ2) is 5.56. The van der Waals surface area contributed by atoms with Crippen molar-refractivity contribution in [3.63, 3.8) is 0 Å². The van der Waals surface area contributed by atoms with Crippen LogP contribution in [0.15, 0.2) is 47.6 Å². The predicted octanol–water partition coefficient (Wildman–Crippen LogP) is 3.65. The van der Waals surface area contributed by atoms with Gasteiger partial charge in [-0.05, 0) is 28.3 Å². The van der Waals surface area contributed by atoms with Crippen LogP contribution in [0.2, 0.25) is 0 Å². The van der Waals surface area contributed by atoms with Crippen LogP contribution in [0.25, 0.3) is 10.8 Å². The van der Waals surface area contributed by atoms with E-state index in [1.807, 2.05) is 18.2 Å². The van der Waals surface area contributed by atoms with Crippen molar-refractivity contribution in [3.8, 4) is 0 Å². The quantitative estimate of drug-likeness (QED) is 0.806. The molecule has 0 saturated carbocycles. The minimum absolute atomic E-state index is 0.00852. The van der Waals surface area contributed by atoms with Crippen molar-refractivity contribution in [1.82, 2.24) is 5.01 Å². The molecule has 0 radical (unpaired) electrons. The summed E-state index contributed by atoms with van der Waals surface area (Å²) >= 11 is 0. The van der Waals surface area contributed by atoms with Gasteiger partial charge in [-0.1, -0.05) is 50.2 Å². The Balaban J connectivity index is 1.85. The molecule has 1 fully saturated rings. The van der Waals surface area contributed by atoms with Crippen molar-refractivity contribution >= 4 is 23.1 Å². The first-order valence-electron chi connectivity index (χ1n) is 7.14. The Morgan fingerprint density at radius 3 is 2.76 bits per heavy atom. The first kappa shape index (κ1) is 13.6. The third kappa shape index (κ3) is 2.75. The van der Waals surface area contributed by atoms with E-state index in [0.29, 0.717) is 12.5 Å². The highest BCUT2D eigenvalue weighted by molar-refractivity contribution is 5.90. The number of hydrazone groups is 1. The van der Waals surface area contributed by atoms with Gasteiger partial charge in [0.1, 0.15) is 6.61 Å². The van der Waals surface area contributed by atoms with E-state index < -0.39 is 0 Å². The number of nitrogens with zero attached hydrogens (tertiary/aromatic N) is 2. The smallest absolute Gasteiger partial charge is 0.430 e. The number of ether oxygens (including phenoxy) is 1. The zero-order valence-corrected chi connectivity index (χ0v) is 12.2. The fourth-order valence-corrected chi connectivity index (χ4v) is 2.45. The Labute approximate surface area is 124 Å². The molecule has 2 aromatic rings. The highest BCUT2D eigenvalue weighted by atomic mass is 16.6. The molecule has 108 valence electrons. The molecule has 1 amide bonds. The minimum atomic E-state index is -0.370. The molecule has 4 heteroatoms. The lowest BCUT2D eigenvalue weighted by Crippen LogP contribution is -2.32. The van der Waals surface area contributed by atoms with Gasteiger partial charge in [0, 0.05) is 0 Å². The monoisotopic (exact) mass is 282 g/mol. The number of cyclic esters (lactones) is 1. The third-order valence-electron chi connectivity index (χ3n) is 3.75. The topological polar surface area (TPSA) is 41.9 Å². The van der Waals surface area contributed by atoms with Gasteiger partial charge in [-0.3, -0.25) is 0 Å². The van der Waals surface area contributed by atoms with Crippen molar-refractivity contribution < 1.29 is 9.53 Å². The Bertz CT molecular complexity index is 694. The molecule has 1 heterocycles. The molecule has 3 rings (SSSR count). The molecule has 4 nitrogen and oxygen atoms in total. The van der Waals surface area contributed by atoms with Crippen LogP contribution in [0.5, 0.6) is 0 Å². The summed E-state index contributed by atoms with van der Waals surface area (Å²) in [5.74, 6) is 0.310. The van der Waals surface area contributed by atoms with Crippen LogP contribution in [0.4, 0.5) is 4.79 Å². The van der Waals surface area contributed by atoms with Gasteiger partial charge >= 0.3 is 6.09 Å². The molecule has 0 bridgehead atoms. The average Bonchev–Trinajstić information content (AvgIpc) is 2.86. The lowest BCUT2D eigenvalue weighted by molar-refractivity contribution is 0.158. The maximum absolute atomic E-state index is 11.7. The molecule has 0 aromatic heterocycles. The number of hydrogen-bond acceptors (Lipinski definition) is 3. The molecule has 21 heavy (non-hydrogen) atoms. The highest BCUT2D eigenvalue weighted by Crippen LogP contribution is 2.20. The molecule has 0 unspecified atom stereocenters. The van der Waals surface area contributed by atoms with Crippen molar-refractivity contribution in [2.75, 3.05) is 6.61 Å². The molecule has 0 spiro atoms. The lowest BCUT2D eigenvalue weighted by atomic mass is 10.1. The summed E-state index contributed by atoms with van der Waals surface area (Å²) in [6, 6.07) is 14.3. The number of carbonyl (C=O) groups is 1. The zero-order valence-electron chi connectivity index (χ0n) is 12.2. The largest absolute Gasteiger partial charge is 0.446 e. The van der Waals surface area contributed by atoms with E-state index in [0.717, 1.165) is 10.9 Å². The summed E-state index contributed by atoms with van der Waals surface area (Å²) in [7, 11) is 0. The van der Waals surface area contributed by atoms with Crippen LogP contribution in [0.1, 0.15) is 19.4 Å². The molecular weight excluding hydrogens is 264 g/mol. The standard InChI is InChI=1S/C17H18N2O2/c1-12(2)16-11-21-17(20)19(16)18-10-13-7-8-14-5-3-4-6-15(14)9-13/h3-10,12,16H,11H2,1-2H3/b18-10+/t16-/m1/s1. The Hall–Kier alpha value is -2.36. The molecular formula is C17H18N2O2. The van der Waals surface area contributed by atoms with E-state index >= 15 is 0 Å². The highest BCUT2D eigenvalue weighted by Gasteiger charge is 2.34. The Morgan fingerprint density at radius 1 is 1.24 bits per heavy atom. The molecule has 1 aliphatic rings. The number of carbonyl (C=O) groups excluding carboxylic acids is 1. The zero-order chi connectivity index (χ0) is 14.8. The summed E-state index contributed by atoms with van der Waals surface area (Å²) in [5, 5.41) is 8.11. The Kier molecular flexibility index (Phi) is 3.60. The molecule has 0 N–H and O–H groups in total. The number of rotatable bonds is 3. The van der Waals surface area contributed by atoms with E-state index in [2.05, 4.69) is 43.2 Å². The maximum atomic E-state index is 11.7. The fourth-order valence-electron chi connectivity index (χ4n) is 2.45.